The van der Waals surface area contributed by atoms with E-state index in [4.69, 9.17) is 0 Å². The van der Waals surface area contributed by atoms with Crippen LogP contribution in [0.3, 0.4) is 0 Å². The molecule has 0 saturated carbocycles. The number of carbonyl (C=O) groups excluding carboxylic acids is 1. The summed E-state index contributed by atoms with van der Waals surface area (Å²) >= 11 is 1.45. The molecule has 1 aromatic carbocycles. The molecule has 3 heteroatoms. The Bertz CT molecular complexity index is 430. The van der Waals surface area contributed by atoms with Gasteiger partial charge in [0, 0.05) is 17.8 Å². The van der Waals surface area contributed by atoms with Crippen LogP contribution in [0.1, 0.15) is 39.2 Å². The second-order valence-electron chi connectivity index (χ2n) is 5.94. The number of likely N-dealkylation sites (tertiary alicyclic amines) is 1. The predicted octanol–water partition coefficient (Wildman–Crippen LogP) is 4.51. The number of benzene rings is 1. The molecule has 0 aromatic heterocycles. The quantitative estimate of drug-likeness (QED) is 0.793. The molecule has 1 aliphatic rings. The lowest BCUT2D eigenvalue weighted by Crippen LogP contribution is -2.38. The normalized spacial score (nSPS) is 20.4. The third-order valence-electron chi connectivity index (χ3n) is 3.73. The van der Waals surface area contributed by atoms with E-state index in [-0.39, 0.29) is 9.99 Å². The van der Waals surface area contributed by atoms with Gasteiger partial charge in [-0.3, -0.25) is 4.79 Å². The lowest BCUT2D eigenvalue weighted by atomic mass is 10.0. The first kappa shape index (κ1) is 14.4. The first-order valence-corrected chi connectivity index (χ1v) is 7.84. The van der Waals surface area contributed by atoms with E-state index in [1.165, 1.54) is 23.7 Å². The molecule has 1 aromatic rings. The highest BCUT2D eigenvalue weighted by Gasteiger charge is 2.29. The number of thioether (sulfide) groups is 1. The van der Waals surface area contributed by atoms with Gasteiger partial charge in [0.2, 0.25) is 0 Å². The summed E-state index contributed by atoms with van der Waals surface area (Å²) in [7, 11) is 0. The van der Waals surface area contributed by atoms with Crippen molar-refractivity contribution < 1.29 is 4.79 Å². The number of carbonyl (C=O) groups is 1. The van der Waals surface area contributed by atoms with Gasteiger partial charge < -0.3 is 4.90 Å². The van der Waals surface area contributed by atoms with Crippen molar-refractivity contribution in [1.29, 1.82) is 0 Å². The molecule has 1 aliphatic heterocycles. The minimum absolute atomic E-state index is 0.168. The molecule has 0 radical (unpaired) electrons. The summed E-state index contributed by atoms with van der Waals surface area (Å²) in [4.78, 5) is 14.4. The topological polar surface area (TPSA) is 20.3 Å². The van der Waals surface area contributed by atoms with Gasteiger partial charge in [0.15, 0.2) is 0 Å². The maximum atomic E-state index is 12.4. The fourth-order valence-electron chi connectivity index (χ4n) is 2.54. The summed E-state index contributed by atoms with van der Waals surface area (Å²) < 4.78 is -0.168. The van der Waals surface area contributed by atoms with Crippen LogP contribution in [0.25, 0.3) is 0 Å². The highest BCUT2D eigenvalue weighted by atomic mass is 32.2. The maximum Gasteiger partial charge on any atom is 0.282 e. The molecule has 19 heavy (non-hydrogen) atoms. The van der Waals surface area contributed by atoms with E-state index >= 15 is 0 Å². The van der Waals surface area contributed by atoms with Crippen LogP contribution in [0.2, 0.25) is 0 Å². The summed E-state index contributed by atoms with van der Waals surface area (Å²) in [5, 5.41) is 0.223. The number of hydrogen-bond donors (Lipinski definition) is 0. The Morgan fingerprint density at radius 2 is 2.00 bits per heavy atom. The van der Waals surface area contributed by atoms with Crippen LogP contribution in [0.4, 0.5) is 4.79 Å². The Hall–Kier alpha value is -0.960. The van der Waals surface area contributed by atoms with Crippen molar-refractivity contribution in [1.82, 2.24) is 4.90 Å². The molecule has 2 rings (SSSR count). The molecule has 0 aliphatic carbocycles. The summed E-state index contributed by atoms with van der Waals surface area (Å²) in [6, 6.07) is 10.3. The molecule has 1 saturated heterocycles. The molecule has 104 valence electrons. The van der Waals surface area contributed by atoms with Gasteiger partial charge in [-0.1, -0.05) is 49.0 Å². The second kappa shape index (κ2) is 6.00. The standard InChI is InChI=1S/C16H23NOS/c1-13-8-7-11-17(12-13)15(18)19-16(2,3)14-9-5-4-6-10-14/h4-6,9-10,13H,7-8,11-12H2,1-3H3. The van der Waals surface area contributed by atoms with Gasteiger partial charge >= 0.3 is 0 Å². The molecule has 1 heterocycles. The minimum Gasteiger partial charge on any atom is -0.333 e. The lowest BCUT2D eigenvalue weighted by Gasteiger charge is -2.33. The van der Waals surface area contributed by atoms with Crippen LogP contribution in [0.15, 0.2) is 30.3 Å². The zero-order valence-corrected chi connectivity index (χ0v) is 12.9. The van der Waals surface area contributed by atoms with Crippen LogP contribution >= 0.6 is 11.8 Å². The lowest BCUT2D eigenvalue weighted by molar-refractivity contribution is 0.192. The van der Waals surface area contributed by atoms with Crippen molar-refractivity contribution in [3.63, 3.8) is 0 Å². The number of hydrogen-bond acceptors (Lipinski definition) is 2. The second-order valence-corrected chi connectivity index (χ2v) is 7.51. The Kier molecular flexibility index (Phi) is 4.56. The molecule has 1 atom stereocenters. The molecule has 0 bridgehead atoms. The van der Waals surface area contributed by atoms with Crippen LogP contribution in [-0.2, 0) is 4.75 Å². The summed E-state index contributed by atoms with van der Waals surface area (Å²) in [5.41, 5.74) is 1.21. The zero-order valence-electron chi connectivity index (χ0n) is 12.1. The van der Waals surface area contributed by atoms with E-state index in [9.17, 15) is 4.79 Å². The third kappa shape index (κ3) is 3.75. The smallest absolute Gasteiger partial charge is 0.282 e. The molecule has 1 fully saturated rings. The molecule has 1 unspecified atom stereocenters. The third-order valence-corrected chi connectivity index (χ3v) is 4.91. The van der Waals surface area contributed by atoms with Crippen molar-refractivity contribution in [2.24, 2.45) is 5.92 Å². The van der Waals surface area contributed by atoms with E-state index in [1.54, 1.807) is 0 Å². The maximum absolute atomic E-state index is 12.4. The van der Waals surface area contributed by atoms with Gasteiger partial charge in [0.05, 0.1) is 0 Å². The van der Waals surface area contributed by atoms with Gasteiger partial charge in [-0.25, -0.2) is 0 Å². The van der Waals surface area contributed by atoms with Crippen LogP contribution in [-0.4, -0.2) is 23.2 Å². The van der Waals surface area contributed by atoms with Gasteiger partial charge in [-0.15, -0.1) is 0 Å². The number of amides is 1. The first-order chi connectivity index (χ1) is 8.99. The van der Waals surface area contributed by atoms with Crippen molar-refractivity contribution in [2.75, 3.05) is 13.1 Å². The van der Waals surface area contributed by atoms with Crippen molar-refractivity contribution in [2.45, 2.75) is 38.4 Å². The van der Waals surface area contributed by atoms with E-state index in [0.717, 1.165) is 19.5 Å². The fraction of sp³-hybridized carbons (Fsp3) is 0.562. The van der Waals surface area contributed by atoms with Gasteiger partial charge in [-0.2, -0.15) is 0 Å². The number of piperidine rings is 1. The molecule has 0 N–H and O–H groups in total. The average molecular weight is 277 g/mol. The predicted molar refractivity (Wildman–Crippen MR) is 82.4 cm³/mol. The summed E-state index contributed by atoms with van der Waals surface area (Å²) in [5.74, 6) is 0.637. The molecule has 0 spiro atoms. The van der Waals surface area contributed by atoms with Crippen molar-refractivity contribution >= 4 is 17.0 Å². The number of nitrogens with zero attached hydrogens (tertiary/aromatic N) is 1. The van der Waals surface area contributed by atoms with E-state index < -0.39 is 0 Å². The summed E-state index contributed by atoms with van der Waals surface area (Å²) in [6.45, 7) is 8.31. The Morgan fingerprint density at radius 3 is 2.63 bits per heavy atom. The van der Waals surface area contributed by atoms with E-state index in [1.807, 2.05) is 23.1 Å². The Balaban J connectivity index is 2.01. The number of rotatable bonds is 2. The molecular weight excluding hydrogens is 254 g/mol. The van der Waals surface area contributed by atoms with Crippen LogP contribution in [0, 0.1) is 5.92 Å². The molecular formula is C16H23NOS. The average Bonchev–Trinajstić information content (AvgIpc) is 2.39. The minimum atomic E-state index is -0.168. The zero-order chi connectivity index (χ0) is 13.9. The largest absolute Gasteiger partial charge is 0.333 e. The van der Waals surface area contributed by atoms with Crippen LogP contribution in [0.5, 0.6) is 0 Å². The van der Waals surface area contributed by atoms with Gasteiger partial charge in [-0.05, 0) is 38.2 Å². The van der Waals surface area contributed by atoms with Crippen molar-refractivity contribution in [3.8, 4) is 0 Å². The monoisotopic (exact) mass is 277 g/mol. The van der Waals surface area contributed by atoms with E-state index in [2.05, 4.69) is 32.9 Å². The molecule has 2 nitrogen and oxygen atoms in total. The SMILES string of the molecule is CC1CCCN(C(=O)SC(C)(C)c2ccccc2)C1. The Labute approximate surface area is 120 Å². The summed E-state index contributed by atoms with van der Waals surface area (Å²) in [6.07, 6.45) is 2.38. The van der Waals surface area contributed by atoms with E-state index in [0.29, 0.717) is 5.92 Å². The van der Waals surface area contributed by atoms with Gasteiger partial charge in [0.1, 0.15) is 0 Å². The molecule has 1 amide bonds. The fourth-order valence-corrected chi connectivity index (χ4v) is 3.52. The van der Waals surface area contributed by atoms with Crippen LogP contribution < -0.4 is 0 Å². The van der Waals surface area contributed by atoms with Crippen molar-refractivity contribution in [3.05, 3.63) is 35.9 Å². The highest BCUT2D eigenvalue weighted by Crippen LogP contribution is 2.37. The first-order valence-electron chi connectivity index (χ1n) is 7.02. The highest BCUT2D eigenvalue weighted by molar-refractivity contribution is 8.14. The van der Waals surface area contributed by atoms with Gasteiger partial charge in [0.25, 0.3) is 5.24 Å². The Morgan fingerprint density at radius 1 is 1.32 bits per heavy atom.